The van der Waals surface area contributed by atoms with Gasteiger partial charge in [0, 0.05) is 12.6 Å². The highest BCUT2D eigenvalue weighted by atomic mass is 35.5. The molecule has 1 atom stereocenters. The fraction of sp³-hybridized carbons (Fsp3) is 0.355. The number of rotatable bonds is 11. The van der Waals surface area contributed by atoms with Gasteiger partial charge in [-0.05, 0) is 67.6 Å². The summed E-state index contributed by atoms with van der Waals surface area (Å²) in [6.07, 6.45) is 4.31. The van der Waals surface area contributed by atoms with Crippen molar-refractivity contribution in [3.05, 3.63) is 94.0 Å². The number of hydrogen-bond acceptors (Lipinski definition) is 4. The minimum absolute atomic E-state index is 0.0235. The van der Waals surface area contributed by atoms with Crippen molar-refractivity contribution in [2.45, 2.75) is 69.5 Å². The Balaban J connectivity index is 1.73. The Labute approximate surface area is 252 Å². The minimum Gasteiger partial charge on any atom is -0.352 e. The van der Waals surface area contributed by atoms with Gasteiger partial charge in [-0.25, -0.2) is 8.42 Å². The fourth-order valence-electron chi connectivity index (χ4n) is 5.15. The summed E-state index contributed by atoms with van der Waals surface area (Å²) in [6, 6.07) is 19.3. The van der Waals surface area contributed by atoms with Gasteiger partial charge in [-0.3, -0.25) is 13.9 Å². The molecule has 1 aliphatic carbocycles. The molecule has 41 heavy (non-hydrogen) atoms. The summed E-state index contributed by atoms with van der Waals surface area (Å²) in [7, 11) is -4.18. The monoisotopic (exact) mass is 615 g/mol. The first-order valence-electron chi connectivity index (χ1n) is 13.8. The Hall–Kier alpha value is -3.07. The third-order valence-corrected chi connectivity index (χ3v) is 10.0. The Morgan fingerprint density at radius 1 is 0.951 bits per heavy atom. The average Bonchev–Trinajstić information content (AvgIpc) is 3.47. The van der Waals surface area contributed by atoms with E-state index in [9.17, 15) is 18.0 Å². The molecule has 0 aliphatic heterocycles. The van der Waals surface area contributed by atoms with E-state index < -0.39 is 28.5 Å². The molecular formula is C31H35Cl2N3O4S. The van der Waals surface area contributed by atoms with Crippen molar-refractivity contribution >= 4 is 50.7 Å². The number of benzene rings is 3. The van der Waals surface area contributed by atoms with Crippen LogP contribution in [0.2, 0.25) is 10.0 Å². The molecule has 1 fully saturated rings. The standard InChI is InChI=1S/C31H35Cl2N3O4S/c1-3-29(31(38)34-24-13-9-10-14-24)35(20-23-12-8-7-11-22(23)2)30(37)21-36(25-17-18-27(32)28(33)19-25)41(39,40)26-15-5-4-6-16-26/h4-8,11-12,15-19,24,29H,3,9-10,13-14,20-21H2,1-2H3,(H,34,38)/t29-/m0/s1. The van der Waals surface area contributed by atoms with Gasteiger partial charge < -0.3 is 10.2 Å². The van der Waals surface area contributed by atoms with Crippen LogP contribution in [0.3, 0.4) is 0 Å². The number of nitrogens with one attached hydrogen (secondary N) is 1. The van der Waals surface area contributed by atoms with E-state index in [1.165, 1.54) is 35.2 Å². The van der Waals surface area contributed by atoms with Gasteiger partial charge in [0.25, 0.3) is 10.0 Å². The summed E-state index contributed by atoms with van der Waals surface area (Å²) < 4.78 is 28.8. The second-order valence-electron chi connectivity index (χ2n) is 10.3. The first-order valence-corrected chi connectivity index (χ1v) is 16.0. The number of carbonyl (C=O) groups is 2. The highest BCUT2D eigenvalue weighted by molar-refractivity contribution is 7.92. The molecule has 1 aliphatic rings. The normalized spacial score (nSPS) is 14.4. The zero-order valence-corrected chi connectivity index (χ0v) is 25.6. The number of halogens is 2. The second-order valence-corrected chi connectivity index (χ2v) is 13.0. The highest BCUT2D eigenvalue weighted by Crippen LogP contribution is 2.31. The van der Waals surface area contributed by atoms with E-state index in [1.807, 2.05) is 38.1 Å². The molecule has 0 spiro atoms. The predicted molar refractivity (Wildman–Crippen MR) is 164 cm³/mol. The van der Waals surface area contributed by atoms with Crippen LogP contribution in [0.25, 0.3) is 0 Å². The van der Waals surface area contributed by atoms with Crippen molar-refractivity contribution in [3.8, 4) is 0 Å². The first kappa shape index (κ1) is 30.9. The molecule has 2 amide bonds. The average molecular weight is 617 g/mol. The lowest BCUT2D eigenvalue weighted by Crippen LogP contribution is -2.53. The molecule has 10 heteroatoms. The van der Waals surface area contributed by atoms with Crippen LogP contribution in [0.15, 0.2) is 77.7 Å². The van der Waals surface area contributed by atoms with E-state index >= 15 is 0 Å². The molecule has 218 valence electrons. The smallest absolute Gasteiger partial charge is 0.264 e. The van der Waals surface area contributed by atoms with Crippen molar-refractivity contribution in [2.75, 3.05) is 10.8 Å². The molecule has 3 aromatic rings. The number of nitrogens with zero attached hydrogens (tertiary/aromatic N) is 2. The van der Waals surface area contributed by atoms with Crippen LogP contribution < -0.4 is 9.62 Å². The summed E-state index contributed by atoms with van der Waals surface area (Å²) in [5.74, 6) is -0.736. The molecule has 4 rings (SSSR count). The van der Waals surface area contributed by atoms with E-state index in [4.69, 9.17) is 23.2 Å². The molecule has 1 saturated carbocycles. The van der Waals surface area contributed by atoms with Crippen molar-refractivity contribution < 1.29 is 18.0 Å². The first-order chi connectivity index (χ1) is 19.6. The van der Waals surface area contributed by atoms with Gasteiger partial charge in [0.05, 0.1) is 20.6 Å². The lowest BCUT2D eigenvalue weighted by molar-refractivity contribution is -0.140. The summed E-state index contributed by atoms with van der Waals surface area (Å²) >= 11 is 12.4. The van der Waals surface area contributed by atoms with Gasteiger partial charge in [-0.15, -0.1) is 0 Å². The van der Waals surface area contributed by atoms with Crippen molar-refractivity contribution in [1.82, 2.24) is 10.2 Å². The van der Waals surface area contributed by atoms with E-state index in [2.05, 4.69) is 5.32 Å². The Kier molecular flexibility index (Phi) is 10.3. The lowest BCUT2D eigenvalue weighted by Gasteiger charge is -2.34. The molecule has 7 nitrogen and oxygen atoms in total. The molecular weight excluding hydrogens is 581 g/mol. The quantitative estimate of drug-likeness (QED) is 0.272. The van der Waals surface area contributed by atoms with Crippen LogP contribution in [0.1, 0.15) is 50.2 Å². The molecule has 0 heterocycles. The zero-order chi connectivity index (χ0) is 29.6. The number of carbonyl (C=O) groups excluding carboxylic acids is 2. The molecule has 0 radical (unpaired) electrons. The third-order valence-electron chi connectivity index (χ3n) is 7.49. The van der Waals surface area contributed by atoms with Crippen LogP contribution in [0.5, 0.6) is 0 Å². The molecule has 0 unspecified atom stereocenters. The van der Waals surface area contributed by atoms with Gasteiger partial charge in [0.1, 0.15) is 12.6 Å². The Morgan fingerprint density at radius 3 is 2.24 bits per heavy atom. The summed E-state index contributed by atoms with van der Waals surface area (Å²) in [5.41, 5.74) is 2.03. The van der Waals surface area contributed by atoms with E-state index in [0.717, 1.165) is 41.1 Å². The van der Waals surface area contributed by atoms with Crippen LogP contribution in [-0.4, -0.2) is 43.8 Å². The van der Waals surface area contributed by atoms with E-state index in [0.29, 0.717) is 6.42 Å². The second kappa shape index (κ2) is 13.7. The number of aryl methyl sites for hydroxylation is 1. The van der Waals surface area contributed by atoms with Gasteiger partial charge >= 0.3 is 0 Å². The Morgan fingerprint density at radius 2 is 1.61 bits per heavy atom. The highest BCUT2D eigenvalue weighted by Gasteiger charge is 2.34. The number of sulfonamides is 1. The fourth-order valence-corrected chi connectivity index (χ4v) is 6.87. The van der Waals surface area contributed by atoms with E-state index in [1.54, 1.807) is 18.2 Å². The van der Waals surface area contributed by atoms with Gasteiger partial charge in [0.15, 0.2) is 0 Å². The van der Waals surface area contributed by atoms with Crippen molar-refractivity contribution in [3.63, 3.8) is 0 Å². The molecule has 3 aromatic carbocycles. The van der Waals surface area contributed by atoms with Crippen molar-refractivity contribution in [2.24, 2.45) is 0 Å². The SMILES string of the molecule is CC[C@@H](C(=O)NC1CCCC1)N(Cc1ccccc1C)C(=O)CN(c1ccc(Cl)c(Cl)c1)S(=O)(=O)c1ccccc1. The van der Waals surface area contributed by atoms with Gasteiger partial charge in [0.2, 0.25) is 11.8 Å². The summed E-state index contributed by atoms with van der Waals surface area (Å²) in [5, 5.41) is 3.54. The molecule has 0 aromatic heterocycles. The number of amides is 2. The zero-order valence-electron chi connectivity index (χ0n) is 23.2. The van der Waals surface area contributed by atoms with Crippen LogP contribution >= 0.6 is 23.2 Å². The van der Waals surface area contributed by atoms with E-state index in [-0.39, 0.29) is 39.1 Å². The number of anilines is 1. The third kappa shape index (κ3) is 7.42. The molecule has 0 saturated heterocycles. The van der Waals surface area contributed by atoms with Crippen LogP contribution in [-0.2, 0) is 26.2 Å². The topological polar surface area (TPSA) is 86.8 Å². The maximum atomic E-state index is 14.2. The summed E-state index contributed by atoms with van der Waals surface area (Å²) in [6.45, 7) is 3.42. The number of hydrogen-bond donors (Lipinski definition) is 1. The lowest BCUT2D eigenvalue weighted by atomic mass is 10.1. The largest absolute Gasteiger partial charge is 0.352 e. The maximum absolute atomic E-state index is 14.2. The van der Waals surface area contributed by atoms with Crippen LogP contribution in [0.4, 0.5) is 5.69 Å². The predicted octanol–water partition coefficient (Wildman–Crippen LogP) is 6.36. The maximum Gasteiger partial charge on any atom is 0.264 e. The minimum atomic E-state index is -4.18. The molecule has 0 bridgehead atoms. The molecule has 1 N–H and O–H groups in total. The summed E-state index contributed by atoms with van der Waals surface area (Å²) in [4.78, 5) is 29.3. The van der Waals surface area contributed by atoms with Crippen LogP contribution in [0, 0.1) is 6.92 Å². The van der Waals surface area contributed by atoms with Gasteiger partial charge in [-0.1, -0.05) is 85.4 Å². The van der Waals surface area contributed by atoms with Crippen molar-refractivity contribution in [1.29, 1.82) is 0 Å². The van der Waals surface area contributed by atoms with Gasteiger partial charge in [-0.2, -0.15) is 0 Å². The Bertz CT molecular complexity index is 1480.